The quantitative estimate of drug-likeness (QED) is 0.771. The van der Waals surface area contributed by atoms with E-state index in [1.807, 2.05) is 6.92 Å². The van der Waals surface area contributed by atoms with Gasteiger partial charge in [-0.3, -0.25) is 0 Å². The summed E-state index contributed by atoms with van der Waals surface area (Å²) < 4.78 is 25.8. The van der Waals surface area contributed by atoms with Gasteiger partial charge < -0.3 is 11.1 Å². The second kappa shape index (κ2) is 5.02. The molecule has 0 amide bonds. The number of benzene rings is 1. The lowest BCUT2D eigenvalue weighted by atomic mass is 10.2. The van der Waals surface area contributed by atoms with Crippen molar-refractivity contribution in [2.75, 3.05) is 6.54 Å². The van der Waals surface area contributed by atoms with Crippen molar-refractivity contribution in [3.8, 4) is 0 Å². The van der Waals surface area contributed by atoms with Crippen molar-refractivity contribution < 1.29 is 8.78 Å². The molecule has 0 bridgehead atoms. The van der Waals surface area contributed by atoms with Gasteiger partial charge in [-0.2, -0.15) is 0 Å². The number of nitrogens with two attached hydrogens (primary N) is 1. The summed E-state index contributed by atoms with van der Waals surface area (Å²) >= 11 is 0. The molecule has 0 aliphatic rings. The summed E-state index contributed by atoms with van der Waals surface area (Å²) in [5.74, 6) is -0.826. The third kappa shape index (κ3) is 3.40. The molecule has 0 heterocycles. The maximum Gasteiger partial charge on any atom is 0.127 e. The largest absolute Gasteiger partial charge is 0.327 e. The summed E-state index contributed by atoms with van der Waals surface area (Å²) in [4.78, 5) is 0. The van der Waals surface area contributed by atoms with Crippen LogP contribution in [0.5, 0.6) is 0 Å². The van der Waals surface area contributed by atoms with Gasteiger partial charge in [-0.1, -0.05) is 0 Å². The second-order valence-electron chi connectivity index (χ2n) is 3.34. The van der Waals surface area contributed by atoms with Gasteiger partial charge in [0.25, 0.3) is 0 Å². The van der Waals surface area contributed by atoms with Gasteiger partial charge in [-0.15, -0.1) is 0 Å². The molecule has 0 aliphatic heterocycles. The molecule has 1 atom stereocenters. The van der Waals surface area contributed by atoms with E-state index in [4.69, 9.17) is 5.73 Å². The van der Waals surface area contributed by atoms with E-state index >= 15 is 0 Å². The lowest BCUT2D eigenvalue weighted by molar-refractivity contribution is 0.555. The Bertz CT molecular complexity index is 300. The number of halogens is 2. The lowest BCUT2D eigenvalue weighted by Gasteiger charge is -2.08. The van der Waals surface area contributed by atoms with Crippen LogP contribution >= 0.6 is 0 Å². The van der Waals surface area contributed by atoms with Gasteiger partial charge in [0.15, 0.2) is 0 Å². The van der Waals surface area contributed by atoms with Crippen molar-refractivity contribution in [1.82, 2.24) is 5.32 Å². The zero-order chi connectivity index (χ0) is 10.6. The first-order valence-corrected chi connectivity index (χ1v) is 4.50. The van der Waals surface area contributed by atoms with E-state index in [0.717, 1.165) is 12.1 Å². The van der Waals surface area contributed by atoms with Crippen LogP contribution in [0.2, 0.25) is 0 Å². The van der Waals surface area contributed by atoms with Gasteiger partial charge in [0.1, 0.15) is 11.6 Å². The third-order valence-electron chi connectivity index (χ3n) is 1.79. The Labute approximate surface area is 82.1 Å². The fourth-order valence-corrected chi connectivity index (χ4v) is 1.11. The standard InChI is InChI=1S/C10H14F2N2/c1-7(13)5-14-6-8-4-9(11)2-3-10(8)12/h2-4,7,14H,5-6,13H2,1H3. The first-order valence-electron chi connectivity index (χ1n) is 4.50. The van der Waals surface area contributed by atoms with Crippen LogP contribution in [0.25, 0.3) is 0 Å². The van der Waals surface area contributed by atoms with Crippen molar-refractivity contribution in [3.05, 3.63) is 35.4 Å². The molecule has 14 heavy (non-hydrogen) atoms. The van der Waals surface area contributed by atoms with Crippen LogP contribution in [0.1, 0.15) is 12.5 Å². The molecule has 0 radical (unpaired) electrons. The van der Waals surface area contributed by atoms with E-state index in [0.29, 0.717) is 18.7 Å². The predicted molar refractivity (Wildman–Crippen MR) is 51.7 cm³/mol. The summed E-state index contributed by atoms with van der Waals surface area (Å²) in [7, 11) is 0. The van der Waals surface area contributed by atoms with Crippen molar-refractivity contribution in [2.45, 2.75) is 19.5 Å². The Kier molecular flexibility index (Phi) is 3.98. The molecule has 0 saturated heterocycles. The molecular weight excluding hydrogens is 186 g/mol. The van der Waals surface area contributed by atoms with E-state index in [1.165, 1.54) is 6.07 Å². The summed E-state index contributed by atoms with van der Waals surface area (Å²) in [5.41, 5.74) is 5.82. The normalized spacial score (nSPS) is 12.9. The zero-order valence-corrected chi connectivity index (χ0v) is 8.06. The molecule has 78 valence electrons. The van der Waals surface area contributed by atoms with Crippen LogP contribution in [0.15, 0.2) is 18.2 Å². The minimum absolute atomic E-state index is 0.00613. The lowest BCUT2D eigenvalue weighted by Crippen LogP contribution is -2.30. The number of rotatable bonds is 4. The van der Waals surface area contributed by atoms with Gasteiger partial charge in [-0.05, 0) is 25.1 Å². The van der Waals surface area contributed by atoms with E-state index in [-0.39, 0.29) is 6.04 Å². The average Bonchev–Trinajstić information content (AvgIpc) is 2.10. The fraction of sp³-hybridized carbons (Fsp3) is 0.400. The Morgan fingerprint density at radius 3 is 2.79 bits per heavy atom. The average molecular weight is 200 g/mol. The van der Waals surface area contributed by atoms with E-state index < -0.39 is 11.6 Å². The van der Waals surface area contributed by atoms with E-state index in [1.54, 1.807) is 0 Å². The van der Waals surface area contributed by atoms with Crippen LogP contribution in [-0.4, -0.2) is 12.6 Å². The number of nitrogens with one attached hydrogen (secondary N) is 1. The Hall–Kier alpha value is -1.00. The highest BCUT2D eigenvalue weighted by molar-refractivity contribution is 5.18. The van der Waals surface area contributed by atoms with Gasteiger partial charge in [0.05, 0.1) is 0 Å². The smallest absolute Gasteiger partial charge is 0.127 e. The van der Waals surface area contributed by atoms with E-state index in [9.17, 15) is 8.78 Å². The second-order valence-corrected chi connectivity index (χ2v) is 3.34. The fourth-order valence-electron chi connectivity index (χ4n) is 1.11. The Morgan fingerprint density at radius 2 is 2.14 bits per heavy atom. The van der Waals surface area contributed by atoms with Crippen molar-refractivity contribution in [2.24, 2.45) is 5.73 Å². The van der Waals surface area contributed by atoms with E-state index in [2.05, 4.69) is 5.32 Å². The highest BCUT2D eigenvalue weighted by atomic mass is 19.1. The molecule has 0 saturated carbocycles. The molecule has 1 unspecified atom stereocenters. The van der Waals surface area contributed by atoms with Crippen LogP contribution in [0.3, 0.4) is 0 Å². The minimum atomic E-state index is -0.427. The molecule has 4 heteroatoms. The molecule has 3 N–H and O–H groups in total. The first-order chi connectivity index (χ1) is 6.59. The molecule has 0 spiro atoms. The topological polar surface area (TPSA) is 38.0 Å². The van der Waals surface area contributed by atoms with Gasteiger partial charge in [0.2, 0.25) is 0 Å². The highest BCUT2D eigenvalue weighted by Gasteiger charge is 2.03. The molecule has 0 fully saturated rings. The maximum atomic E-state index is 13.1. The SMILES string of the molecule is CC(N)CNCc1cc(F)ccc1F. The van der Waals surface area contributed by atoms with Crippen molar-refractivity contribution in [3.63, 3.8) is 0 Å². The van der Waals surface area contributed by atoms with Crippen LogP contribution in [-0.2, 0) is 6.54 Å². The molecule has 1 aromatic rings. The Balaban J connectivity index is 2.53. The molecule has 2 nitrogen and oxygen atoms in total. The summed E-state index contributed by atoms with van der Waals surface area (Å²) in [5, 5.41) is 2.94. The summed E-state index contributed by atoms with van der Waals surface area (Å²) in [6.45, 7) is 2.72. The summed E-state index contributed by atoms with van der Waals surface area (Å²) in [6, 6.07) is 3.41. The third-order valence-corrected chi connectivity index (χ3v) is 1.79. The molecule has 1 aromatic carbocycles. The van der Waals surface area contributed by atoms with Gasteiger partial charge in [0, 0.05) is 24.7 Å². The van der Waals surface area contributed by atoms with Crippen LogP contribution in [0, 0.1) is 11.6 Å². The van der Waals surface area contributed by atoms with Crippen LogP contribution in [0.4, 0.5) is 8.78 Å². The van der Waals surface area contributed by atoms with Crippen LogP contribution < -0.4 is 11.1 Å². The predicted octanol–water partition coefficient (Wildman–Crippen LogP) is 1.40. The zero-order valence-electron chi connectivity index (χ0n) is 8.06. The molecule has 0 aliphatic carbocycles. The number of hydrogen-bond acceptors (Lipinski definition) is 2. The maximum absolute atomic E-state index is 13.1. The first kappa shape index (κ1) is 11.1. The number of hydrogen-bond donors (Lipinski definition) is 2. The highest BCUT2D eigenvalue weighted by Crippen LogP contribution is 2.08. The summed E-state index contributed by atoms with van der Waals surface area (Å²) in [6.07, 6.45) is 0. The van der Waals surface area contributed by atoms with Crippen molar-refractivity contribution >= 4 is 0 Å². The molecular formula is C10H14F2N2. The Morgan fingerprint density at radius 1 is 1.43 bits per heavy atom. The van der Waals surface area contributed by atoms with Gasteiger partial charge >= 0.3 is 0 Å². The van der Waals surface area contributed by atoms with Gasteiger partial charge in [-0.25, -0.2) is 8.78 Å². The van der Waals surface area contributed by atoms with Crippen molar-refractivity contribution in [1.29, 1.82) is 0 Å². The minimum Gasteiger partial charge on any atom is -0.327 e. The monoisotopic (exact) mass is 200 g/mol. The molecule has 0 aromatic heterocycles. The molecule has 1 rings (SSSR count).